The fraction of sp³-hybridized carbons (Fsp3) is 0.350. The van der Waals surface area contributed by atoms with Crippen molar-refractivity contribution in [2.24, 2.45) is 11.1 Å². The molecular formula is C40H42FN5O6. The Morgan fingerprint density at radius 2 is 1.75 bits per heavy atom. The second kappa shape index (κ2) is 13.6. The van der Waals surface area contributed by atoms with Crippen molar-refractivity contribution in [1.82, 2.24) is 14.9 Å². The molecule has 1 aromatic heterocycles. The zero-order chi connectivity index (χ0) is 36.9. The maximum absolute atomic E-state index is 14.9. The van der Waals surface area contributed by atoms with Crippen molar-refractivity contribution in [3.05, 3.63) is 83.2 Å². The van der Waals surface area contributed by atoms with Crippen LogP contribution in [0.15, 0.2) is 60.7 Å². The lowest BCUT2D eigenvalue weighted by atomic mass is 9.89. The summed E-state index contributed by atoms with van der Waals surface area (Å²) in [6.45, 7) is 5.81. The monoisotopic (exact) mass is 707 g/mol. The Kier molecular flexibility index (Phi) is 9.12. The molecule has 270 valence electrons. The smallest absolute Gasteiger partial charge is 0.335 e. The predicted octanol–water partition coefficient (Wildman–Crippen LogP) is 6.48. The van der Waals surface area contributed by atoms with E-state index in [1.807, 2.05) is 25.1 Å². The Morgan fingerprint density at radius 1 is 1.00 bits per heavy atom. The number of primary amides is 1. The number of hydrogen-bond acceptors (Lipinski definition) is 9. The van der Waals surface area contributed by atoms with Gasteiger partial charge in [-0.15, -0.1) is 0 Å². The standard InChI is InChI=1S/C40H42FN5O6/c1-40(2,20-45(3)4)21-52-39-43-34-31(37(44-39)46-14-13-32(46)36(42)48)18-29(23-9-10-23)33(30-17-27(47)15-25-11-12-26(41)16-28(25)30)35(34)51-19-22-5-7-24(8-6-22)38(49)50/h5-8,11-12,15-18,23,32,47H,9-10,13-14,19-21H2,1-4H3,(H2,42,48)(H,49,50)/t32-/m0/s1. The second-order valence-electron chi connectivity index (χ2n) is 14.9. The number of fused-ring (bicyclic) bond motifs is 2. The summed E-state index contributed by atoms with van der Waals surface area (Å²) in [5, 5.41) is 22.3. The molecule has 1 saturated carbocycles. The number of carboxylic acid groups (broad SMARTS) is 1. The molecule has 52 heavy (non-hydrogen) atoms. The lowest BCUT2D eigenvalue weighted by molar-refractivity contribution is -0.120. The molecule has 1 aliphatic heterocycles. The number of aromatic carboxylic acids is 1. The molecule has 5 aromatic rings. The molecule has 11 nitrogen and oxygen atoms in total. The van der Waals surface area contributed by atoms with Crippen molar-refractivity contribution < 1.29 is 33.7 Å². The van der Waals surface area contributed by atoms with E-state index in [9.17, 15) is 24.2 Å². The van der Waals surface area contributed by atoms with Crippen LogP contribution >= 0.6 is 0 Å². The first kappa shape index (κ1) is 34.9. The van der Waals surface area contributed by atoms with Crippen LogP contribution in [0.25, 0.3) is 32.8 Å². The number of carboxylic acids is 1. The van der Waals surface area contributed by atoms with Crippen LogP contribution < -0.4 is 20.1 Å². The average Bonchev–Trinajstić information content (AvgIpc) is 3.90. The molecule has 0 bridgehead atoms. The van der Waals surface area contributed by atoms with E-state index < -0.39 is 23.7 Å². The van der Waals surface area contributed by atoms with Crippen molar-refractivity contribution >= 4 is 39.4 Å². The second-order valence-corrected chi connectivity index (χ2v) is 14.9. The van der Waals surface area contributed by atoms with Crippen LogP contribution in [0, 0.1) is 11.2 Å². The number of aromatic hydroxyl groups is 1. The summed E-state index contributed by atoms with van der Waals surface area (Å²) in [5.41, 5.74) is 8.98. The first-order chi connectivity index (χ1) is 24.8. The summed E-state index contributed by atoms with van der Waals surface area (Å²) < 4.78 is 28.0. The van der Waals surface area contributed by atoms with Gasteiger partial charge in [-0.3, -0.25) is 4.79 Å². The summed E-state index contributed by atoms with van der Waals surface area (Å²) in [6, 6.07) is 15.6. The third-order valence-electron chi connectivity index (χ3n) is 9.66. The van der Waals surface area contributed by atoms with Gasteiger partial charge in [0.2, 0.25) is 5.91 Å². The molecule has 1 atom stereocenters. The minimum absolute atomic E-state index is 0.00608. The van der Waals surface area contributed by atoms with Gasteiger partial charge in [-0.25, -0.2) is 9.18 Å². The van der Waals surface area contributed by atoms with Gasteiger partial charge in [0.05, 0.1) is 12.2 Å². The van der Waals surface area contributed by atoms with E-state index in [1.54, 1.807) is 30.3 Å². The molecule has 12 heteroatoms. The van der Waals surface area contributed by atoms with Crippen LogP contribution in [0.1, 0.15) is 60.5 Å². The van der Waals surface area contributed by atoms with Gasteiger partial charge in [0.1, 0.15) is 35.6 Å². The molecule has 4 aromatic carbocycles. The Bertz CT molecular complexity index is 2200. The molecule has 1 amide bonds. The van der Waals surface area contributed by atoms with Gasteiger partial charge >= 0.3 is 12.0 Å². The number of phenolic OH excluding ortho intramolecular Hbond substituents is 1. The van der Waals surface area contributed by atoms with Crippen molar-refractivity contribution in [3.8, 4) is 28.6 Å². The molecule has 2 heterocycles. The highest BCUT2D eigenvalue weighted by Crippen LogP contribution is 2.53. The average molecular weight is 708 g/mol. The number of benzene rings is 4. The summed E-state index contributed by atoms with van der Waals surface area (Å²) >= 11 is 0. The topological polar surface area (TPSA) is 151 Å². The first-order valence-corrected chi connectivity index (χ1v) is 17.4. The number of carbonyl (C=O) groups is 2. The number of rotatable bonds is 13. The normalized spacial score (nSPS) is 16.0. The molecule has 4 N–H and O–H groups in total. The minimum atomic E-state index is -1.04. The fourth-order valence-electron chi connectivity index (χ4n) is 7.16. The maximum atomic E-state index is 14.9. The summed E-state index contributed by atoms with van der Waals surface area (Å²) in [7, 11) is 3.99. The first-order valence-electron chi connectivity index (χ1n) is 17.4. The number of nitrogens with zero attached hydrogens (tertiary/aromatic N) is 4. The number of amides is 1. The van der Waals surface area contributed by atoms with Crippen molar-refractivity contribution in [3.63, 3.8) is 0 Å². The molecule has 2 aliphatic rings. The number of ether oxygens (including phenoxy) is 2. The molecule has 7 rings (SSSR count). The van der Waals surface area contributed by atoms with Crippen LogP contribution in [0.2, 0.25) is 0 Å². The van der Waals surface area contributed by atoms with Crippen LogP contribution in [-0.4, -0.2) is 76.8 Å². The van der Waals surface area contributed by atoms with E-state index >= 15 is 0 Å². The van der Waals surface area contributed by atoms with Crippen LogP contribution in [0.3, 0.4) is 0 Å². The predicted molar refractivity (Wildman–Crippen MR) is 197 cm³/mol. The Morgan fingerprint density at radius 3 is 2.38 bits per heavy atom. The van der Waals surface area contributed by atoms with Gasteiger partial charge in [-0.1, -0.05) is 32.0 Å². The number of aromatic nitrogens is 2. The Balaban J connectivity index is 1.49. The largest absolute Gasteiger partial charge is 0.508 e. The highest BCUT2D eigenvalue weighted by molar-refractivity contribution is 6.07. The van der Waals surface area contributed by atoms with Gasteiger partial charge in [-0.2, -0.15) is 9.97 Å². The van der Waals surface area contributed by atoms with Gasteiger partial charge in [0.25, 0.3) is 0 Å². The molecule has 1 aliphatic carbocycles. The maximum Gasteiger partial charge on any atom is 0.335 e. The summed E-state index contributed by atoms with van der Waals surface area (Å²) in [4.78, 5) is 37.9. The Labute approximate surface area is 300 Å². The fourth-order valence-corrected chi connectivity index (χ4v) is 7.16. The lowest BCUT2D eigenvalue weighted by Gasteiger charge is -2.40. The van der Waals surface area contributed by atoms with Gasteiger partial charge in [-0.05, 0) is 109 Å². The molecule has 2 fully saturated rings. The highest BCUT2D eigenvalue weighted by atomic mass is 19.1. The molecule has 1 saturated heterocycles. The number of halogens is 1. The third-order valence-corrected chi connectivity index (χ3v) is 9.66. The lowest BCUT2D eigenvalue weighted by Crippen LogP contribution is -2.55. The highest BCUT2D eigenvalue weighted by Gasteiger charge is 2.38. The number of hydrogen-bond donors (Lipinski definition) is 3. The number of nitrogens with two attached hydrogens (primary N) is 1. The van der Waals surface area contributed by atoms with E-state index in [0.29, 0.717) is 69.5 Å². The van der Waals surface area contributed by atoms with Crippen LogP contribution in [0.4, 0.5) is 10.2 Å². The van der Waals surface area contributed by atoms with E-state index in [-0.39, 0.29) is 35.3 Å². The summed E-state index contributed by atoms with van der Waals surface area (Å²) in [5.74, 6) is -0.905. The number of phenols is 1. The zero-order valence-corrected chi connectivity index (χ0v) is 29.6. The zero-order valence-electron chi connectivity index (χ0n) is 29.6. The van der Waals surface area contributed by atoms with E-state index in [0.717, 1.165) is 24.9 Å². The minimum Gasteiger partial charge on any atom is -0.508 e. The molecular weight excluding hydrogens is 665 g/mol. The molecule has 0 radical (unpaired) electrons. The van der Waals surface area contributed by atoms with Crippen molar-refractivity contribution in [1.29, 1.82) is 0 Å². The van der Waals surface area contributed by atoms with Gasteiger partial charge in [0, 0.05) is 29.5 Å². The Hall–Kier alpha value is -5.49. The quantitative estimate of drug-likeness (QED) is 0.124. The van der Waals surface area contributed by atoms with E-state index in [4.69, 9.17) is 25.2 Å². The molecule has 0 spiro atoms. The van der Waals surface area contributed by atoms with Gasteiger partial charge in [0.15, 0.2) is 5.75 Å². The number of carbonyl (C=O) groups excluding carboxylic acids is 1. The SMILES string of the molecule is CN(C)CC(C)(C)COc1nc(N2CC[C@H]2C(N)=O)c2cc(C3CC3)c(-c3cc(O)cc4ccc(F)cc34)c(OCc3ccc(C(=O)O)cc3)c2n1. The van der Waals surface area contributed by atoms with Gasteiger partial charge < -0.3 is 35.2 Å². The number of anilines is 1. The molecule has 0 unspecified atom stereocenters. The van der Waals surface area contributed by atoms with E-state index in [1.165, 1.54) is 24.3 Å². The van der Waals surface area contributed by atoms with Crippen molar-refractivity contribution in [2.45, 2.75) is 51.7 Å². The van der Waals surface area contributed by atoms with Crippen LogP contribution in [-0.2, 0) is 11.4 Å². The van der Waals surface area contributed by atoms with Crippen LogP contribution in [0.5, 0.6) is 17.5 Å². The summed E-state index contributed by atoms with van der Waals surface area (Å²) in [6.07, 6.45) is 2.40. The van der Waals surface area contributed by atoms with Crippen molar-refractivity contribution in [2.75, 3.05) is 38.7 Å². The van der Waals surface area contributed by atoms with E-state index in [2.05, 4.69) is 18.7 Å². The third kappa shape index (κ3) is 7.03.